The van der Waals surface area contributed by atoms with Gasteiger partial charge in [-0.1, -0.05) is 30.3 Å². The number of hydrogen-bond acceptors (Lipinski definition) is 4. The van der Waals surface area contributed by atoms with Crippen LogP contribution in [0.4, 0.5) is 13.2 Å². The van der Waals surface area contributed by atoms with Gasteiger partial charge in [0.25, 0.3) is 11.8 Å². The summed E-state index contributed by atoms with van der Waals surface area (Å²) in [5.74, 6) is -2.05. The van der Waals surface area contributed by atoms with E-state index in [2.05, 4.69) is 15.3 Å². The minimum atomic E-state index is -4.79. The van der Waals surface area contributed by atoms with Crippen molar-refractivity contribution in [2.24, 2.45) is 14.1 Å². The van der Waals surface area contributed by atoms with Crippen LogP contribution in [0.2, 0.25) is 0 Å². The predicted molar refractivity (Wildman–Crippen MR) is 113 cm³/mol. The summed E-state index contributed by atoms with van der Waals surface area (Å²) in [6, 6.07) is 9.60. The fourth-order valence-electron chi connectivity index (χ4n) is 3.69. The Balaban J connectivity index is 1.50. The second kappa shape index (κ2) is 8.72. The number of aromatic nitrogens is 4. The molecule has 8 nitrogen and oxygen atoms in total. The first kappa shape index (κ1) is 22.6. The van der Waals surface area contributed by atoms with Crippen molar-refractivity contribution in [1.82, 2.24) is 29.3 Å². The van der Waals surface area contributed by atoms with E-state index in [1.807, 2.05) is 48.1 Å². The summed E-state index contributed by atoms with van der Waals surface area (Å²) >= 11 is 0. The predicted octanol–water partition coefficient (Wildman–Crippen LogP) is 2.66. The third-order valence-corrected chi connectivity index (χ3v) is 5.59. The minimum Gasteiger partial charge on any atom is -0.350 e. The smallest absolute Gasteiger partial charge is 0.350 e. The van der Waals surface area contributed by atoms with Crippen LogP contribution in [0.25, 0.3) is 11.3 Å². The van der Waals surface area contributed by atoms with Crippen LogP contribution in [0.3, 0.4) is 0 Å². The number of aryl methyl sites for hydroxylation is 1. The highest BCUT2D eigenvalue weighted by atomic mass is 19.4. The monoisotopic (exact) mass is 460 g/mol. The number of nitrogens with zero attached hydrogens (tertiary/aromatic N) is 5. The minimum absolute atomic E-state index is 0.127. The van der Waals surface area contributed by atoms with Crippen molar-refractivity contribution >= 4 is 11.8 Å². The highest BCUT2D eigenvalue weighted by molar-refractivity contribution is 6.05. The van der Waals surface area contributed by atoms with Crippen molar-refractivity contribution in [3.63, 3.8) is 0 Å². The Labute approximate surface area is 188 Å². The standard InChI is InChI=1S/C22H23F3N6O2/c1-29-13-15(14-7-4-3-5-8-14)27-16(29)9-10-26-19(32)18-17(20(33)31-11-6-12-31)28-21(30(18)2)22(23,24)25/h3-5,7-8,13H,6,9-12H2,1-2H3,(H,26,32). The van der Waals surface area contributed by atoms with E-state index in [1.165, 1.54) is 4.90 Å². The van der Waals surface area contributed by atoms with E-state index in [9.17, 15) is 22.8 Å². The van der Waals surface area contributed by atoms with Crippen molar-refractivity contribution < 1.29 is 22.8 Å². The first-order valence-corrected chi connectivity index (χ1v) is 10.5. The molecule has 0 spiro atoms. The summed E-state index contributed by atoms with van der Waals surface area (Å²) in [7, 11) is 2.92. The molecule has 1 aliphatic rings. The van der Waals surface area contributed by atoms with E-state index in [4.69, 9.17) is 0 Å². The second-order valence-corrected chi connectivity index (χ2v) is 7.86. The highest BCUT2D eigenvalue weighted by Gasteiger charge is 2.41. The van der Waals surface area contributed by atoms with E-state index >= 15 is 0 Å². The topological polar surface area (TPSA) is 85.1 Å². The van der Waals surface area contributed by atoms with Gasteiger partial charge in [-0.3, -0.25) is 9.59 Å². The molecular weight excluding hydrogens is 437 g/mol. The summed E-state index contributed by atoms with van der Waals surface area (Å²) in [6.07, 6.45) is -1.81. The van der Waals surface area contributed by atoms with Gasteiger partial charge >= 0.3 is 6.18 Å². The van der Waals surface area contributed by atoms with Crippen molar-refractivity contribution in [1.29, 1.82) is 0 Å². The lowest BCUT2D eigenvalue weighted by Crippen LogP contribution is -2.43. The number of benzene rings is 1. The van der Waals surface area contributed by atoms with Gasteiger partial charge in [0.15, 0.2) is 5.69 Å². The molecule has 2 amide bonds. The van der Waals surface area contributed by atoms with E-state index in [-0.39, 0.29) is 6.54 Å². The number of carbonyl (C=O) groups is 2. The molecular formula is C22H23F3N6O2. The van der Waals surface area contributed by atoms with Gasteiger partial charge in [0.2, 0.25) is 5.82 Å². The normalized spacial score (nSPS) is 13.7. The molecule has 0 aliphatic carbocycles. The number of likely N-dealkylation sites (tertiary alicyclic amines) is 1. The van der Waals surface area contributed by atoms with E-state index in [0.29, 0.717) is 29.9 Å². The van der Waals surface area contributed by atoms with Gasteiger partial charge < -0.3 is 19.4 Å². The summed E-state index contributed by atoms with van der Waals surface area (Å²) in [6.45, 7) is 0.989. The van der Waals surface area contributed by atoms with Crippen LogP contribution >= 0.6 is 0 Å². The zero-order valence-corrected chi connectivity index (χ0v) is 18.2. The Hall–Kier alpha value is -3.63. The Bertz CT molecular complexity index is 1180. The molecule has 4 rings (SSSR count). The van der Waals surface area contributed by atoms with Crippen LogP contribution in [0, 0.1) is 0 Å². The molecule has 0 radical (unpaired) electrons. The van der Waals surface area contributed by atoms with Crippen LogP contribution in [-0.2, 0) is 26.7 Å². The van der Waals surface area contributed by atoms with E-state index < -0.39 is 35.2 Å². The number of halogens is 3. The Morgan fingerprint density at radius 3 is 2.39 bits per heavy atom. The van der Waals surface area contributed by atoms with Gasteiger partial charge in [-0.25, -0.2) is 9.97 Å². The Kier molecular flexibility index (Phi) is 5.96. The molecule has 0 atom stereocenters. The van der Waals surface area contributed by atoms with Crippen molar-refractivity contribution in [2.45, 2.75) is 19.0 Å². The summed E-state index contributed by atoms with van der Waals surface area (Å²) in [5, 5.41) is 2.61. The fourth-order valence-corrected chi connectivity index (χ4v) is 3.69. The maximum absolute atomic E-state index is 13.4. The highest BCUT2D eigenvalue weighted by Crippen LogP contribution is 2.30. The molecule has 33 heavy (non-hydrogen) atoms. The number of amides is 2. The second-order valence-electron chi connectivity index (χ2n) is 7.86. The van der Waals surface area contributed by atoms with Gasteiger partial charge in [0.05, 0.1) is 5.69 Å². The summed E-state index contributed by atoms with van der Waals surface area (Å²) < 4.78 is 42.6. The maximum atomic E-state index is 13.4. The van der Waals surface area contributed by atoms with Crippen LogP contribution in [0.15, 0.2) is 36.5 Å². The lowest BCUT2D eigenvalue weighted by Gasteiger charge is -2.30. The number of rotatable bonds is 6. The molecule has 1 saturated heterocycles. The first-order valence-electron chi connectivity index (χ1n) is 10.5. The van der Waals surface area contributed by atoms with Gasteiger partial charge in [0.1, 0.15) is 11.5 Å². The molecule has 174 valence electrons. The van der Waals surface area contributed by atoms with Crippen LogP contribution in [0.1, 0.15) is 39.0 Å². The quantitative estimate of drug-likeness (QED) is 0.613. The summed E-state index contributed by atoms with van der Waals surface area (Å²) in [5.41, 5.74) is 0.852. The van der Waals surface area contributed by atoms with Crippen molar-refractivity contribution in [3.8, 4) is 11.3 Å². The van der Waals surface area contributed by atoms with Gasteiger partial charge in [-0.05, 0) is 6.42 Å². The number of alkyl halides is 3. The molecule has 3 aromatic rings. The largest absolute Gasteiger partial charge is 0.449 e. The molecule has 0 saturated carbocycles. The number of imidazole rings is 2. The zero-order valence-electron chi connectivity index (χ0n) is 18.2. The molecule has 0 bridgehead atoms. The first-order chi connectivity index (χ1) is 15.7. The lowest BCUT2D eigenvalue weighted by atomic mass is 10.2. The number of carbonyl (C=O) groups excluding carboxylic acids is 2. The Morgan fingerprint density at radius 2 is 1.79 bits per heavy atom. The van der Waals surface area contributed by atoms with Gasteiger partial charge in [-0.2, -0.15) is 13.2 Å². The molecule has 3 heterocycles. The van der Waals surface area contributed by atoms with E-state index in [0.717, 1.165) is 24.7 Å². The number of hydrogen-bond donors (Lipinski definition) is 1. The third kappa shape index (κ3) is 4.48. The zero-order chi connectivity index (χ0) is 23.8. The molecule has 0 unspecified atom stereocenters. The van der Waals surface area contributed by atoms with Crippen molar-refractivity contribution in [3.05, 3.63) is 59.6 Å². The third-order valence-electron chi connectivity index (χ3n) is 5.59. The Morgan fingerprint density at radius 1 is 1.09 bits per heavy atom. The van der Waals surface area contributed by atoms with E-state index in [1.54, 1.807) is 0 Å². The van der Waals surface area contributed by atoms with Crippen LogP contribution in [-0.4, -0.2) is 55.5 Å². The molecule has 1 aromatic carbocycles. The average Bonchev–Trinajstić information content (AvgIpc) is 3.27. The van der Waals surface area contributed by atoms with Crippen LogP contribution in [0.5, 0.6) is 0 Å². The molecule has 1 aliphatic heterocycles. The maximum Gasteiger partial charge on any atom is 0.449 e. The molecule has 1 fully saturated rings. The SMILES string of the molecule is Cn1cc(-c2ccccc2)nc1CCNC(=O)c1c(C(=O)N2CCC2)nc(C(F)(F)F)n1C. The van der Waals surface area contributed by atoms with Gasteiger partial charge in [-0.15, -0.1) is 0 Å². The van der Waals surface area contributed by atoms with Gasteiger partial charge in [0, 0.05) is 51.9 Å². The number of nitrogens with one attached hydrogen (secondary N) is 1. The average molecular weight is 460 g/mol. The lowest BCUT2D eigenvalue weighted by molar-refractivity contribution is -0.146. The summed E-state index contributed by atoms with van der Waals surface area (Å²) in [4.78, 5) is 34.9. The molecule has 2 aromatic heterocycles. The van der Waals surface area contributed by atoms with Crippen LogP contribution < -0.4 is 5.32 Å². The fraction of sp³-hybridized carbons (Fsp3) is 0.364. The molecule has 11 heteroatoms. The molecule has 1 N–H and O–H groups in total. The van der Waals surface area contributed by atoms with Crippen molar-refractivity contribution in [2.75, 3.05) is 19.6 Å².